The van der Waals surface area contributed by atoms with Gasteiger partial charge in [-0.1, -0.05) is 46.0 Å². The second-order valence-corrected chi connectivity index (χ2v) is 4.26. The zero-order valence-corrected chi connectivity index (χ0v) is 10.8. The maximum atomic E-state index is 5.66. The van der Waals surface area contributed by atoms with Crippen molar-refractivity contribution in [2.75, 3.05) is 20.3 Å². The molecule has 0 fully saturated rings. The Balaban J connectivity index is 3.14. The fourth-order valence-corrected chi connectivity index (χ4v) is 1.69. The molecule has 2 heteroatoms. The molecule has 0 radical (unpaired) electrons. The number of unbranched alkanes of at least 4 members (excludes halogenated alkanes) is 4. The molecule has 0 amide bonds. The smallest absolute Gasteiger partial charge is 0.0619 e. The summed E-state index contributed by atoms with van der Waals surface area (Å²) in [5, 5.41) is 3.29. The van der Waals surface area contributed by atoms with Crippen LogP contribution in [0.25, 0.3) is 0 Å². The second-order valence-electron chi connectivity index (χ2n) is 4.26. The predicted molar refractivity (Wildman–Crippen MR) is 67.3 cm³/mol. The highest BCUT2D eigenvalue weighted by Gasteiger charge is 2.03. The van der Waals surface area contributed by atoms with Crippen LogP contribution in [-0.2, 0) is 4.74 Å². The molecule has 0 bridgehead atoms. The Morgan fingerprint density at radius 2 is 1.73 bits per heavy atom. The molecule has 1 atom stereocenters. The van der Waals surface area contributed by atoms with Crippen LogP contribution >= 0.6 is 0 Å². The Bertz CT molecular complexity index is 117. The third-order valence-corrected chi connectivity index (χ3v) is 2.76. The first kappa shape index (κ1) is 14.9. The number of ether oxygens (including phenoxy) is 1. The molecule has 0 aliphatic rings. The molecular weight excluding hydrogens is 186 g/mol. The first-order valence-corrected chi connectivity index (χ1v) is 6.60. The van der Waals surface area contributed by atoms with Gasteiger partial charge in [-0.2, -0.15) is 0 Å². The van der Waals surface area contributed by atoms with Crippen LogP contribution in [0.2, 0.25) is 0 Å². The Morgan fingerprint density at radius 3 is 2.33 bits per heavy atom. The lowest BCUT2D eigenvalue weighted by Crippen LogP contribution is -2.30. The van der Waals surface area contributed by atoms with Crippen molar-refractivity contribution >= 4 is 0 Å². The van der Waals surface area contributed by atoms with Gasteiger partial charge in [-0.25, -0.2) is 0 Å². The van der Waals surface area contributed by atoms with Crippen molar-refractivity contribution in [2.24, 2.45) is 0 Å². The molecule has 0 aliphatic heterocycles. The lowest BCUT2D eigenvalue weighted by molar-refractivity contribution is 0.107. The van der Waals surface area contributed by atoms with E-state index in [1.165, 1.54) is 44.9 Å². The van der Waals surface area contributed by atoms with Crippen LogP contribution in [0.15, 0.2) is 0 Å². The lowest BCUT2D eigenvalue weighted by Gasteiger charge is -2.15. The topological polar surface area (TPSA) is 21.3 Å². The van der Waals surface area contributed by atoms with Gasteiger partial charge in [0.1, 0.15) is 0 Å². The maximum absolute atomic E-state index is 5.66. The molecule has 15 heavy (non-hydrogen) atoms. The molecule has 2 nitrogen and oxygen atoms in total. The SMILES string of the molecule is CCCCCCCOCC(CCC)NC. The molecular formula is C13H29NO. The van der Waals surface area contributed by atoms with E-state index in [1.807, 2.05) is 7.05 Å². The van der Waals surface area contributed by atoms with Crippen LogP contribution in [0.3, 0.4) is 0 Å². The Morgan fingerprint density at radius 1 is 1.00 bits per heavy atom. The van der Waals surface area contributed by atoms with Crippen LogP contribution in [0, 0.1) is 0 Å². The number of likely N-dealkylation sites (N-methyl/N-ethyl adjacent to an activating group) is 1. The van der Waals surface area contributed by atoms with Crippen LogP contribution in [-0.4, -0.2) is 26.3 Å². The van der Waals surface area contributed by atoms with Gasteiger partial charge in [-0.15, -0.1) is 0 Å². The molecule has 0 aliphatic carbocycles. The van der Waals surface area contributed by atoms with Gasteiger partial charge in [0, 0.05) is 12.6 Å². The molecule has 0 heterocycles. The van der Waals surface area contributed by atoms with Crippen LogP contribution < -0.4 is 5.32 Å². The van der Waals surface area contributed by atoms with Gasteiger partial charge in [0.05, 0.1) is 6.61 Å². The molecule has 0 rings (SSSR count). The van der Waals surface area contributed by atoms with Gasteiger partial charge < -0.3 is 10.1 Å². The van der Waals surface area contributed by atoms with E-state index in [-0.39, 0.29) is 0 Å². The van der Waals surface area contributed by atoms with E-state index in [9.17, 15) is 0 Å². The molecule has 0 aromatic carbocycles. The normalized spacial score (nSPS) is 13.0. The zero-order valence-electron chi connectivity index (χ0n) is 10.8. The molecule has 0 spiro atoms. The third-order valence-electron chi connectivity index (χ3n) is 2.76. The summed E-state index contributed by atoms with van der Waals surface area (Å²) in [4.78, 5) is 0. The van der Waals surface area contributed by atoms with Gasteiger partial charge in [-0.05, 0) is 19.9 Å². The highest BCUT2D eigenvalue weighted by molar-refractivity contribution is 4.61. The molecule has 0 saturated carbocycles. The molecule has 0 aromatic heterocycles. The molecule has 92 valence electrons. The highest BCUT2D eigenvalue weighted by Crippen LogP contribution is 2.03. The Kier molecular flexibility index (Phi) is 11.9. The van der Waals surface area contributed by atoms with E-state index in [4.69, 9.17) is 4.74 Å². The fourth-order valence-electron chi connectivity index (χ4n) is 1.69. The second kappa shape index (κ2) is 12.0. The van der Waals surface area contributed by atoms with Crippen molar-refractivity contribution in [1.82, 2.24) is 5.32 Å². The predicted octanol–water partition coefficient (Wildman–Crippen LogP) is 3.36. The number of nitrogens with one attached hydrogen (secondary N) is 1. The van der Waals surface area contributed by atoms with E-state index in [1.54, 1.807) is 0 Å². The lowest BCUT2D eigenvalue weighted by atomic mass is 10.1. The van der Waals surface area contributed by atoms with E-state index in [0.717, 1.165) is 13.2 Å². The van der Waals surface area contributed by atoms with E-state index < -0.39 is 0 Å². The van der Waals surface area contributed by atoms with Gasteiger partial charge in [0.2, 0.25) is 0 Å². The first-order chi connectivity index (χ1) is 7.35. The van der Waals surface area contributed by atoms with Crippen molar-refractivity contribution in [3.05, 3.63) is 0 Å². The average Bonchev–Trinajstić information content (AvgIpc) is 2.26. The standard InChI is InChI=1S/C13H29NO/c1-4-6-7-8-9-11-15-12-13(14-3)10-5-2/h13-14H,4-12H2,1-3H3. The summed E-state index contributed by atoms with van der Waals surface area (Å²) >= 11 is 0. The summed E-state index contributed by atoms with van der Waals surface area (Å²) in [6.45, 7) is 6.28. The summed E-state index contributed by atoms with van der Waals surface area (Å²) in [5.74, 6) is 0. The Labute approximate surface area is 95.8 Å². The minimum Gasteiger partial charge on any atom is -0.380 e. The maximum Gasteiger partial charge on any atom is 0.0619 e. The summed E-state index contributed by atoms with van der Waals surface area (Å²) in [6, 6.07) is 0.547. The van der Waals surface area contributed by atoms with Crippen molar-refractivity contribution in [2.45, 2.75) is 64.8 Å². The summed E-state index contributed by atoms with van der Waals surface area (Å²) in [6.07, 6.45) is 9.05. The van der Waals surface area contributed by atoms with E-state index in [2.05, 4.69) is 19.2 Å². The van der Waals surface area contributed by atoms with Crippen LogP contribution in [0.5, 0.6) is 0 Å². The zero-order chi connectivity index (χ0) is 11.4. The van der Waals surface area contributed by atoms with Crippen LogP contribution in [0.4, 0.5) is 0 Å². The number of hydrogen-bond acceptors (Lipinski definition) is 2. The highest BCUT2D eigenvalue weighted by atomic mass is 16.5. The first-order valence-electron chi connectivity index (χ1n) is 6.60. The quantitative estimate of drug-likeness (QED) is 0.534. The average molecular weight is 215 g/mol. The van der Waals surface area contributed by atoms with Crippen molar-refractivity contribution in [3.8, 4) is 0 Å². The molecule has 1 unspecified atom stereocenters. The monoisotopic (exact) mass is 215 g/mol. The van der Waals surface area contributed by atoms with Crippen LogP contribution in [0.1, 0.15) is 58.8 Å². The van der Waals surface area contributed by atoms with Gasteiger partial charge >= 0.3 is 0 Å². The van der Waals surface area contributed by atoms with E-state index >= 15 is 0 Å². The van der Waals surface area contributed by atoms with E-state index in [0.29, 0.717) is 6.04 Å². The fraction of sp³-hybridized carbons (Fsp3) is 1.00. The minimum atomic E-state index is 0.547. The van der Waals surface area contributed by atoms with Crippen molar-refractivity contribution < 1.29 is 4.74 Å². The summed E-state index contributed by atoms with van der Waals surface area (Å²) in [7, 11) is 2.02. The molecule has 1 N–H and O–H groups in total. The van der Waals surface area contributed by atoms with Crippen molar-refractivity contribution in [1.29, 1.82) is 0 Å². The molecule has 0 saturated heterocycles. The third kappa shape index (κ3) is 10.2. The minimum absolute atomic E-state index is 0.547. The summed E-state index contributed by atoms with van der Waals surface area (Å²) in [5.41, 5.74) is 0. The number of rotatable bonds is 11. The largest absolute Gasteiger partial charge is 0.380 e. The van der Waals surface area contributed by atoms with Gasteiger partial charge in [0.15, 0.2) is 0 Å². The van der Waals surface area contributed by atoms with Gasteiger partial charge in [-0.3, -0.25) is 0 Å². The van der Waals surface area contributed by atoms with Crippen molar-refractivity contribution in [3.63, 3.8) is 0 Å². The Hall–Kier alpha value is -0.0800. The molecule has 0 aromatic rings. The van der Waals surface area contributed by atoms with Gasteiger partial charge in [0.25, 0.3) is 0 Å². The summed E-state index contributed by atoms with van der Waals surface area (Å²) < 4.78 is 5.66. The number of hydrogen-bond donors (Lipinski definition) is 1.